The van der Waals surface area contributed by atoms with Gasteiger partial charge in [-0.15, -0.1) is 0 Å². The first-order valence-corrected chi connectivity index (χ1v) is 8.06. The highest BCUT2D eigenvalue weighted by Crippen LogP contribution is 2.25. The lowest BCUT2D eigenvalue weighted by atomic mass is 10.2. The van der Waals surface area contributed by atoms with E-state index in [4.69, 9.17) is 9.72 Å². The van der Waals surface area contributed by atoms with Crippen LogP contribution in [0.1, 0.15) is 12.8 Å². The van der Waals surface area contributed by atoms with Crippen molar-refractivity contribution in [2.75, 3.05) is 6.61 Å². The highest BCUT2D eigenvalue weighted by Gasteiger charge is 2.19. The summed E-state index contributed by atoms with van der Waals surface area (Å²) in [5.74, 6) is 0.974. The van der Waals surface area contributed by atoms with E-state index < -0.39 is 0 Å². The molecule has 1 fully saturated rings. The Morgan fingerprint density at radius 1 is 1.04 bits per heavy atom. The van der Waals surface area contributed by atoms with E-state index in [1.165, 1.54) is 0 Å². The largest absolute Gasteiger partial charge is 0.376 e. The van der Waals surface area contributed by atoms with Crippen LogP contribution >= 0.6 is 0 Å². The molecule has 1 atom stereocenters. The maximum Gasteiger partial charge on any atom is 0.140 e. The van der Waals surface area contributed by atoms with Crippen molar-refractivity contribution in [3.63, 3.8) is 0 Å². The van der Waals surface area contributed by atoms with E-state index in [0.717, 1.165) is 48.8 Å². The monoisotopic (exact) mass is 305 g/mol. The minimum absolute atomic E-state index is 0.281. The molecule has 0 amide bonds. The molecule has 3 heterocycles. The smallest absolute Gasteiger partial charge is 0.140 e. The summed E-state index contributed by atoms with van der Waals surface area (Å²) in [5.41, 5.74) is 2.92. The Bertz CT molecular complexity index is 762. The normalized spacial score (nSPS) is 17.5. The van der Waals surface area contributed by atoms with Crippen molar-refractivity contribution in [1.82, 2.24) is 14.5 Å². The lowest BCUT2D eigenvalue weighted by Gasteiger charge is -2.12. The van der Waals surface area contributed by atoms with E-state index >= 15 is 0 Å². The van der Waals surface area contributed by atoms with E-state index in [1.807, 2.05) is 36.4 Å². The summed E-state index contributed by atoms with van der Waals surface area (Å²) in [6.07, 6.45) is 6.43. The third-order valence-corrected chi connectivity index (χ3v) is 4.16. The zero-order valence-electron chi connectivity index (χ0n) is 12.9. The van der Waals surface area contributed by atoms with Gasteiger partial charge in [-0.3, -0.25) is 4.98 Å². The van der Waals surface area contributed by atoms with Crippen LogP contribution in [0, 0.1) is 0 Å². The van der Waals surface area contributed by atoms with Crippen molar-refractivity contribution in [2.24, 2.45) is 0 Å². The Hall–Kier alpha value is -2.46. The maximum atomic E-state index is 5.80. The lowest BCUT2D eigenvalue weighted by molar-refractivity contribution is 0.0974. The standard InChI is InChI=1S/C19H19N3O/c1-2-7-15(8-3-1)19-21-18(17-10-4-5-11-20-17)14-22(19)13-16-9-6-12-23-16/h1-5,7-8,10-11,14,16H,6,9,12-13H2. The van der Waals surface area contributed by atoms with Crippen molar-refractivity contribution in [1.29, 1.82) is 0 Å². The number of pyridine rings is 1. The second-order valence-corrected chi connectivity index (χ2v) is 5.82. The molecule has 1 aromatic carbocycles. The number of ether oxygens (including phenoxy) is 1. The molecule has 0 aliphatic carbocycles. The summed E-state index contributed by atoms with van der Waals surface area (Å²) in [6.45, 7) is 1.71. The Labute approximate surface area is 135 Å². The van der Waals surface area contributed by atoms with Crippen molar-refractivity contribution < 1.29 is 4.74 Å². The quantitative estimate of drug-likeness (QED) is 0.736. The fourth-order valence-corrected chi connectivity index (χ4v) is 3.02. The Balaban J connectivity index is 1.74. The van der Waals surface area contributed by atoms with Crippen LogP contribution in [-0.4, -0.2) is 27.2 Å². The number of imidazole rings is 1. The third-order valence-electron chi connectivity index (χ3n) is 4.16. The zero-order valence-corrected chi connectivity index (χ0v) is 12.9. The van der Waals surface area contributed by atoms with Crippen LogP contribution in [0.2, 0.25) is 0 Å². The van der Waals surface area contributed by atoms with Crippen LogP contribution in [0.25, 0.3) is 22.8 Å². The molecular formula is C19H19N3O. The highest BCUT2D eigenvalue weighted by atomic mass is 16.5. The summed E-state index contributed by atoms with van der Waals surface area (Å²) in [7, 11) is 0. The molecule has 0 bridgehead atoms. The van der Waals surface area contributed by atoms with Crippen molar-refractivity contribution in [2.45, 2.75) is 25.5 Å². The average Bonchev–Trinajstić information content (AvgIpc) is 3.27. The SMILES string of the molecule is c1ccc(-c2nc(-c3ccccn3)cn2CC2CCCO2)cc1. The molecular weight excluding hydrogens is 286 g/mol. The first-order valence-electron chi connectivity index (χ1n) is 8.06. The van der Waals surface area contributed by atoms with Gasteiger partial charge in [0.1, 0.15) is 11.5 Å². The third kappa shape index (κ3) is 3.03. The molecule has 1 saturated heterocycles. The topological polar surface area (TPSA) is 39.9 Å². The molecule has 1 aliphatic rings. The van der Waals surface area contributed by atoms with Gasteiger partial charge < -0.3 is 9.30 Å². The molecule has 2 aromatic heterocycles. The number of hydrogen-bond donors (Lipinski definition) is 0. The summed E-state index contributed by atoms with van der Waals surface area (Å²) in [4.78, 5) is 9.26. The number of hydrogen-bond acceptors (Lipinski definition) is 3. The van der Waals surface area contributed by atoms with Crippen LogP contribution in [0.4, 0.5) is 0 Å². The molecule has 0 N–H and O–H groups in total. The fraction of sp³-hybridized carbons (Fsp3) is 0.263. The van der Waals surface area contributed by atoms with Crippen LogP contribution in [0.5, 0.6) is 0 Å². The van der Waals surface area contributed by atoms with E-state index in [2.05, 4.69) is 27.9 Å². The first-order chi connectivity index (χ1) is 11.4. The van der Waals surface area contributed by atoms with Crippen LogP contribution in [-0.2, 0) is 11.3 Å². The average molecular weight is 305 g/mol. The Morgan fingerprint density at radius 3 is 2.65 bits per heavy atom. The molecule has 4 heteroatoms. The molecule has 3 aromatic rings. The van der Waals surface area contributed by atoms with Gasteiger partial charge in [0.05, 0.1) is 18.3 Å². The molecule has 23 heavy (non-hydrogen) atoms. The van der Waals surface area contributed by atoms with Crippen LogP contribution in [0.3, 0.4) is 0 Å². The Morgan fingerprint density at radius 2 is 1.91 bits per heavy atom. The predicted molar refractivity (Wildman–Crippen MR) is 89.9 cm³/mol. The molecule has 1 unspecified atom stereocenters. The van der Waals surface area contributed by atoms with E-state index in [0.29, 0.717) is 0 Å². The van der Waals surface area contributed by atoms with Crippen molar-refractivity contribution in [3.8, 4) is 22.8 Å². The van der Waals surface area contributed by atoms with Gasteiger partial charge in [-0.2, -0.15) is 0 Å². The molecule has 4 nitrogen and oxygen atoms in total. The van der Waals surface area contributed by atoms with Crippen molar-refractivity contribution >= 4 is 0 Å². The fourth-order valence-electron chi connectivity index (χ4n) is 3.02. The number of benzene rings is 1. The second kappa shape index (κ2) is 6.34. The number of rotatable bonds is 4. The van der Waals surface area contributed by atoms with Crippen LogP contribution < -0.4 is 0 Å². The predicted octanol–water partition coefficient (Wildman–Crippen LogP) is 3.79. The van der Waals surface area contributed by atoms with Gasteiger partial charge >= 0.3 is 0 Å². The molecule has 0 spiro atoms. The zero-order chi connectivity index (χ0) is 15.5. The summed E-state index contributed by atoms with van der Waals surface area (Å²) in [5, 5.41) is 0. The maximum absolute atomic E-state index is 5.80. The van der Waals surface area contributed by atoms with Crippen molar-refractivity contribution in [3.05, 3.63) is 60.9 Å². The summed E-state index contributed by atoms with van der Waals surface area (Å²) in [6, 6.07) is 16.2. The van der Waals surface area contributed by atoms with Gasteiger partial charge in [-0.1, -0.05) is 36.4 Å². The highest BCUT2D eigenvalue weighted by molar-refractivity contribution is 5.62. The van der Waals surface area contributed by atoms with Gasteiger partial charge in [0.25, 0.3) is 0 Å². The molecule has 0 saturated carbocycles. The van der Waals surface area contributed by atoms with Gasteiger partial charge in [0, 0.05) is 24.6 Å². The van der Waals surface area contributed by atoms with Gasteiger partial charge in [-0.05, 0) is 25.0 Å². The van der Waals surface area contributed by atoms with E-state index in [9.17, 15) is 0 Å². The van der Waals surface area contributed by atoms with Gasteiger partial charge in [0.2, 0.25) is 0 Å². The summed E-state index contributed by atoms with van der Waals surface area (Å²) < 4.78 is 8.00. The van der Waals surface area contributed by atoms with E-state index in [-0.39, 0.29) is 6.10 Å². The van der Waals surface area contributed by atoms with Crippen LogP contribution in [0.15, 0.2) is 60.9 Å². The molecule has 0 radical (unpaired) electrons. The Kier molecular flexibility index (Phi) is 3.90. The van der Waals surface area contributed by atoms with Gasteiger partial charge in [0.15, 0.2) is 0 Å². The van der Waals surface area contributed by atoms with E-state index in [1.54, 1.807) is 6.20 Å². The second-order valence-electron chi connectivity index (χ2n) is 5.82. The molecule has 1 aliphatic heterocycles. The number of nitrogens with zero attached hydrogens (tertiary/aromatic N) is 3. The minimum Gasteiger partial charge on any atom is -0.376 e. The first kappa shape index (κ1) is 14.2. The lowest BCUT2D eigenvalue weighted by Crippen LogP contribution is -2.15. The minimum atomic E-state index is 0.281. The number of aromatic nitrogens is 3. The van der Waals surface area contributed by atoms with Gasteiger partial charge in [-0.25, -0.2) is 4.98 Å². The molecule has 116 valence electrons. The summed E-state index contributed by atoms with van der Waals surface area (Å²) >= 11 is 0. The molecule has 4 rings (SSSR count).